The predicted octanol–water partition coefficient (Wildman–Crippen LogP) is 2.76. The van der Waals surface area contributed by atoms with Crippen LogP contribution in [0.15, 0.2) is 28.7 Å². The Kier molecular flexibility index (Phi) is 5.54. The number of amides is 1. The van der Waals surface area contributed by atoms with E-state index >= 15 is 0 Å². The van der Waals surface area contributed by atoms with E-state index in [-0.39, 0.29) is 11.8 Å². The van der Waals surface area contributed by atoms with Crippen molar-refractivity contribution in [2.75, 3.05) is 7.05 Å². The zero-order valence-corrected chi connectivity index (χ0v) is 12.8. The van der Waals surface area contributed by atoms with Crippen LogP contribution in [0.5, 0.6) is 0 Å². The number of halogens is 1. The van der Waals surface area contributed by atoms with Crippen molar-refractivity contribution in [1.82, 2.24) is 4.90 Å². The number of hydrogen-bond donors (Lipinski definition) is 1. The number of aliphatic carboxylic acids is 1. The van der Waals surface area contributed by atoms with Gasteiger partial charge in [0, 0.05) is 18.1 Å². The normalized spacial score (nSPS) is 12.3. The van der Waals surface area contributed by atoms with Crippen LogP contribution in [0.4, 0.5) is 0 Å². The molecule has 1 aromatic rings. The molecular formula is C14H18BrNO3. The van der Waals surface area contributed by atoms with Crippen molar-refractivity contribution in [3.63, 3.8) is 0 Å². The first kappa shape index (κ1) is 15.7. The van der Waals surface area contributed by atoms with Crippen LogP contribution in [-0.4, -0.2) is 28.9 Å². The second-order valence-electron chi connectivity index (χ2n) is 4.85. The molecule has 0 heterocycles. The monoisotopic (exact) mass is 327 g/mol. The number of benzene rings is 1. The van der Waals surface area contributed by atoms with Crippen LogP contribution in [0.25, 0.3) is 0 Å². The predicted molar refractivity (Wildman–Crippen MR) is 76.6 cm³/mol. The fourth-order valence-corrected chi connectivity index (χ4v) is 2.28. The zero-order valence-electron chi connectivity index (χ0n) is 11.3. The van der Waals surface area contributed by atoms with E-state index in [0.29, 0.717) is 6.54 Å². The summed E-state index contributed by atoms with van der Waals surface area (Å²) in [7, 11) is 1.63. The van der Waals surface area contributed by atoms with Crippen molar-refractivity contribution in [1.29, 1.82) is 0 Å². The molecule has 0 saturated heterocycles. The highest BCUT2D eigenvalue weighted by Gasteiger charge is 2.31. The zero-order chi connectivity index (χ0) is 14.6. The second-order valence-corrected chi connectivity index (χ2v) is 5.70. The molecule has 5 heteroatoms. The molecule has 0 aliphatic carbocycles. The maximum Gasteiger partial charge on any atom is 0.316 e. The van der Waals surface area contributed by atoms with Gasteiger partial charge in [-0.15, -0.1) is 0 Å². The molecule has 4 nitrogen and oxygen atoms in total. The van der Waals surface area contributed by atoms with Crippen LogP contribution in [0.2, 0.25) is 0 Å². The smallest absolute Gasteiger partial charge is 0.316 e. The molecule has 1 rings (SSSR count). The fraction of sp³-hybridized carbons (Fsp3) is 0.429. The highest BCUT2D eigenvalue weighted by molar-refractivity contribution is 9.10. The third kappa shape index (κ3) is 4.06. The fourth-order valence-electron chi connectivity index (χ4n) is 1.87. The highest BCUT2D eigenvalue weighted by atomic mass is 79.9. The summed E-state index contributed by atoms with van der Waals surface area (Å²) in [5.74, 6) is -2.66. The average Bonchev–Trinajstić information content (AvgIpc) is 2.31. The lowest BCUT2D eigenvalue weighted by molar-refractivity contribution is -0.152. The maximum absolute atomic E-state index is 12.2. The molecule has 1 N–H and O–H groups in total. The minimum Gasteiger partial charge on any atom is -0.481 e. The number of nitrogens with zero attached hydrogens (tertiary/aromatic N) is 1. The van der Waals surface area contributed by atoms with Crippen LogP contribution in [0, 0.1) is 11.8 Å². The molecule has 1 aromatic carbocycles. The molecular weight excluding hydrogens is 310 g/mol. The van der Waals surface area contributed by atoms with Crippen LogP contribution >= 0.6 is 15.9 Å². The molecule has 104 valence electrons. The number of carboxylic acid groups (broad SMARTS) is 1. The largest absolute Gasteiger partial charge is 0.481 e. The first-order chi connectivity index (χ1) is 8.84. The first-order valence-corrected chi connectivity index (χ1v) is 6.85. The van der Waals surface area contributed by atoms with Crippen LogP contribution in [-0.2, 0) is 16.1 Å². The Morgan fingerprint density at radius 3 is 2.37 bits per heavy atom. The van der Waals surface area contributed by atoms with Gasteiger partial charge in [0.2, 0.25) is 5.91 Å². The van der Waals surface area contributed by atoms with E-state index in [1.807, 2.05) is 24.3 Å². The number of carboxylic acids is 1. The van der Waals surface area contributed by atoms with Crippen molar-refractivity contribution in [2.24, 2.45) is 11.8 Å². The van der Waals surface area contributed by atoms with Crippen LogP contribution < -0.4 is 0 Å². The van der Waals surface area contributed by atoms with Gasteiger partial charge in [0.05, 0.1) is 0 Å². The molecule has 0 bridgehead atoms. The van der Waals surface area contributed by atoms with Gasteiger partial charge in [-0.3, -0.25) is 9.59 Å². The summed E-state index contributed by atoms with van der Waals surface area (Å²) in [6, 6.07) is 7.57. The van der Waals surface area contributed by atoms with Crippen molar-refractivity contribution in [3.05, 3.63) is 34.3 Å². The number of hydrogen-bond acceptors (Lipinski definition) is 2. The van der Waals surface area contributed by atoms with Gasteiger partial charge in [-0.05, 0) is 17.5 Å². The average molecular weight is 328 g/mol. The van der Waals surface area contributed by atoms with Crippen molar-refractivity contribution in [3.8, 4) is 0 Å². The summed E-state index contributed by atoms with van der Waals surface area (Å²) >= 11 is 3.41. The van der Waals surface area contributed by atoms with Crippen LogP contribution in [0.1, 0.15) is 19.4 Å². The van der Waals surface area contributed by atoms with E-state index in [4.69, 9.17) is 5.11 Å². The van der Waals surface area contributed by atoms with Gasteiger partial charge in [0.15, 0.2) is 0 Å². The van der Waals surface area contributed by atoms with Gasteiger partial charge >= 0.3 is 5.97 Å². The Morgan fingerprint density at radius 1 is 1.32 bits per heavy atom. The standard InChI is InChI=1S/C14H18BrNO3/c1-9(2)12(14(18)19)13(17)16(3)8-10-6-4-5-7-11(10)15/h4-7,9,12H,8H2,1-3H3,(H,18,19). The van der Waals surface area contributed by atoms with E-state index in [9.17, 15) is 9.59 Å². The minimum absolute atomic E-state index is 0.230. The molecule has 1 unspecified atom stereocenters. The van der Waals surface area contributed by atoms with Gasteiger partial charge in [0.1, 0.15) is 5.92 Å². The van der Waals surface area contributed by atoms with Crippen molar-refractivity contribution >= 4 is 27.8 Å². The molecule has 0 radical (unpaired) electrons. The summed E-state index contributed by atoms with van der Waals surface area (Å²) in [4.78, 5) is 24.8. The van der Waals surface area contributed by atoms with E-state index in [1.54, 1.807) is 20.9 Å². The lowest BCUT2D eigenvalue weighted by atomic mass is 9.94. The Hall–Kier alpha value is -1.36. The Labute approximate surface area is 121 Å². The molecule has 0 fully saturated rings. The molecule has 0 aliphatic heterocycles. The summed E-state index contributed by atoms with van der Waals surface area (Å²) in [5.41, 5.74) is 0.950. The molecule has 19 heavy (non-hydrogen) atoms. The van der Waals surface area contributed by atoms with E-state index in [1.165, 1.54) is 4.90 Å². The van der Waals surface area contributed by atoms with Crippen molar-refractivity contribution < 1.29 is 14.7 Å². The number of rotatable bonds is 5. The Balaban J connectivity index is 2.83. The molecule has 1 amide bonds. The molecule has 0 saturated carbocycles. The Morgan fingerprint density at radius 2 is 1.89 bits per heavy atom. The maximum atomic E-state index is 12.2. The SMILES string of the molecule is CC(C)C(C(=O)O)C(=O)N(C)Cc1ccccc1Br. The highest BCUT2D eigenvalue weighted by Crippen LogP contribution is 2.20. The minimum atomic E-state index is -1.07. The van der Waals surface area contributed by atoms with E-state index < -0.39 is 11.9 Å². The van der Waals surface area contributed by atoms with Crippen LogP contribution in [0.3, 0.4) is 0 Å². The van der Waals surface area contributed by atoms with Gasteiger partial charge < -0.3 is 10.0 Å². The first-order valence-electron chi connectivity index (χ1n) is 6.05. The summed E-state index contributed by atoms with van der Waals surface area (Å²) in [6.07, 6.45) is 0. The number of carbonyl (C=O) groups excluding carboxylic acids is 1. The van der Waals surface area contributed by atoms with Gasteiger partial charge in [0.25, 0.3) is 0 Å². The van der Waals surface area contributed by atoms with Gasteiger partial charge in [-0.2, -0.15) is 0 Å². The van der Waals surface area contributed by atoms with E-state index in [2.05, 4.69) is 15.9 Å². The lowest BCUT2D eigenvalue weighted by Crippen LogP contribution is -2.39. The third-order valence-electron chi connectivity index (χ3n) is 2.94. The van der Waals surface area contributed by atoms with Crippen molar-refractivity contribution in [2.45, 2.75) is 20.4 Å². The topological polar surface area (TPSA) is 57.6 Å². The lowest BCUT2D eigenvalue weighted by Gasteiger charge is -2.24. The van der Waals surface area contributed by atoms with Gasteiger partial charge in [-0.25, -0.2) is 0 Å². The third-order valence-corrected chi connectivity index (χ3v) is 3.71. The second kappa shape index (κ2) is 6.70. The van der Waals surface area contributed by atoms with Gasteiger partial charge in [-0.1, -0.05) is 48.0 Å². The molecule has 0 spiro atoms. The quantitative estimate of drug-likeness (QED) is 0.846. The summed E-state index contributed by atoms with van der Waals surface area (Å²) in [6.45, 7) is 3.86. The molecule has 0 aromatic heterocycles. The van der Waals surface area contributed by atoms with E-state index in [0.717, 1.165) is 10.0 Å². The summed E-state index contributed by atoms with van der Waals surface area (Å²) in [5, 5.41) is 9.13. The molecule has 1 atom stereocenters. The Bertz CT molecular complexity index is 474. The molecule has 0 aliphatic rings. The number of carbonyl (C=O) groups is 2. The summed E-state index contributed by atoms with van der Waals surface area (Å²) < 4.78 is 0.908.